The molecule has 10 heteroatoms. The van der Waals surface area contributed by atoms with Crippen LogP contribution in [0.25, 0.3) is 0 Å². The molecule has 1 aliphatic heterocycles. The van der Waals surface area contributed by atoms with Crippen molar-refractivity contribution in [1.82, 2.24) is 9.55 Å². The molecule has 1 aromatic heterocycles. The topological polar surface area (TPSA) is 125 Å². The molecule has 0 amide bonds. The van der Waals surface area contributed by atoms with E-state index in [1.165, 1.54) is 10.8 Å². The zero-order valence-electron chi connectivity index (χ0n) is 24.8. The number of rotatable bonds is 11. The Morgan fingerprint density at radius 2 is 1.55 bits per heavy atom. The van der Waals surface area contributed by atoms with Crippen molar-refractivity contribution in [2.24, 2.45) is 0 Å². The molecule has 5 rings (SSSR count). The SMILES string of the molecule is [CH2]C(C#N)OC1C[C@H](n2cc(C)c(=O)[nH]c2=O)O[C@@H]1COC(c1ccccc1)(c1ccc(OC)cc1)c1ccc(OC)cc1. The maximum atomic E-state index is 12.7. The van der Waals surface area contributed by atoms with Crippen LogP contribution >= 0.6 is 0 Å². The molecule has 0 bridgehead atoms. The number of aromatic nitrogens is 2. The molecule has 0 saturated carbocycles. The van der Waals surface area contributed by atoms with Gasteiger partial charge in [-0.15, -0.1) is 0 Å². The van der Waals surface area contributed by atoms with E-state index in [1.807, 2.05) is 84.9 Å². The minimum atomic E-state index is -1.11. The Hall–Kier alpha value is -4.69. The maximum absolute atomic E-state index is 12.7. The molecule has 1 aliphatic rings. The van der Waals surface area contributed by atoms with E-state index < -0.39 is 41.4 Å². The van der Waals surface area contributed by atoms with Crippen LogP contribution in [0.5, 0.6) is 11.5 Å². The van der Waals surface area contributed by atoms with E-state index in [9.17, 15) is 14.9 Å². The Morgan fingerprint density at radius 1 is 0.977 bits per heavy atom. The van der Waals surface area contributed by atoms with Gasteiger partial charge in [-0.05, 0) is 54.8 Å². The molecule has 3 aromatic carbocycles. The smallest absolute Gasteiger partial charge is 0.330 e. The van der Waals surface area contributed by atoms with E-state index in [0.717, 1.165) is 16.7 Å². The Kier molecular flexibility index (Phi) is 9.30. The van der Waals surface area contributed by atoms with E-state index >= 15 is 0 Å². The lowest BCUT2D eigenvalue weighted by molar-refractivity contribution is -0.106. The Labute approximate surface area is 255 Å². The fourth-order valence-corrected chi connectivity index (χ4v) is 5.49. The molecule has 227 valence electrons. The second kappa shape index (κ2) is 13.3. The molecule has 1 fully saturated rings. The van der Waals surface area contributed by atoms with Crippen molar-refractivity contribution in [3.8, 4) is 17.6 Å². The third kappa shape index (κ3) is 6.17. The van der Waals surface area contributed by atoms with Gasteiger partial charge in [-0.3, -0.25) is 14.3 Å². The van der Waals surface area contributed by atoms with Crippen LogP contribution < -0.4 is 20.7 Å². The number of hydrogen-bond donors (Lipinski definition) is 1. The van der Waals surface area contributed by atoms with Gasteiger partial charge in [-0.25, -0.2) is 4.79 Å². The number of aromatic amines is 1. The predicted molar refractivity (Wildman–Crippen MR) is 162 cm³/mol. The number of aryl methyl sites for hydroxylation is 1. The van der Waals surface area contributed by atoms with Crippen LogP contribution in [0.15, 0.2) is 94.6 Å². The first kappa shape index (κ1) is 30.8. The minimum absolute atomic E-state index is 0.0172. The lowest BCUT2D eigenvalue weighted by Crippen LogP contribution is -2.39. The Bertz CT molecular complexity index is 1660. The lowest BCUT2D eigenvalue weighted by Gasteiger charge is -2.37. The van der Waals surface area contributed by atoms with Crippen LogP contribution in [0.3, 0.4) is 0 Å². The third-order valence-electron chi connectivity index (χ3n) is 7.76. The van der Waals surface area contributed by atoms with Gasteiger partial charge in [0, 0.05) is 18.2 Å². The number of hydrogen-bond acceptors (Lipinski definition) is 8. The molecule has 2 unspecified atom stereocenters. The van der Waals surface area contributed by atoms with Gasteiger partial charge in [-0.2, -0.15) is 5.26 Å². The summed E-state index contributed by atoms with van der Waals surface area (Å²) in [6.07, 6.45) is -1.38. The van der Waals surface area contributed by atoms with Crippen LogP contribution in [-0.2, 0) is 19.8 Å². The van der Waals surface area contributed by atoms with Crippen LogP contribution in [0.4, 0.5) is 0 Å². The molecule has 1 saturated heterocycles. The molecule has 10 nitrogen and oxygen atoms in total. The van der Waals surface area contributed by atoms with Gasteiger partial charge in [0.2, 0.25) is 0 Å². The summed E-state index contributed by atoms with van der Waals surface area (Å²) in [6.45, 7) is 5.39. The van der Waals surface area contributed by atoms with E-state index in [0.29, 0.717) is 17.1 Å². The van der Waals surface area contributed by atoms with Crippen LogP contribution in [0, 0.1) is 25.2 Å². The summed E-state index contributed by atoms with van der Waals surface area (Å²) < 4.78 is 31.5. The second-order valence-electron chi connectivity index (χ2n) is 10.5. The van der Waals surface area contributed by atoms with Crippen molar-refractivity contribution in [3.05, 3.63) is 135 Å². The lowest BCUT2D eigenvalue weighted by atomic mass is 9.80. The van der Waals surface area contributed by atoms with Gasteiger partial charge in [0.15, 0.2) is 0 Å². The normalized spacial score (nSPS) is 18.8. The van der Waals surface area contributed by atoms with Crippen molar-refractivity contribution < 1.29 is 23.7 Å². The fourth-order valence-electron chi connectivity index (χ4n) is 5.49. The zero-order chi connectivity index (χ0) is 31.3. The summed E-state index contributed by atoms with van der Waals surface area (Å²) in [5, 5.41) is 9.44. The summed E-state index contributed by atoms with van der Waals surface area (Å²) in [6, 6.07) is 27.1. The highest BCUT2D eigenvalue weighted by Gasteiger charge is 2.43. The summed E-state index contributed by atoms with van der Waals surface area (Å²) in [4.78, 5) is 27.0. The summed E-state index contributed by atoms with van der Waals surface area (Å²) >= 11 is 0. The Morgan fingerprint density at radius 3 is 2.09 bits per heavy atom. The van der Waals surface area contributed by atoms with Gasteiger partial charge in [0.25, 0.3) is 5.56 Å². The van der Waals surface area contributed by atoms with Crippen molar-refractivity contribution >= 4 is 0 Å². The minimum Gasteiger partial charge on any atom is -0.497 e. The van der Waals surface area contributed by atoms with Crippen LogP contribution in [-0.4, -0.2) is 48.7 Å². The van der Waals surface area contributed by atoms with Crippen molar-refractivity contribution in [1.29, 1.82) is 5.26 Å². The highest BCUT2D eigenvalue weighted by molar-refractivity contribution is 5.49. The van der Waals surface area contributed by atoms with Crippen LogP contribution in [0.1, 0.15) is 34.9 Å². The van der Waals surface area contributed by atoms with Crippen molar-refractivity contribution in [3.63, 3.8) is 0 Å². The van der Waals surface area contributed by atoms with Crippen LogP contribution in [0.2, 0.25) is 0 Å². The largest absolute Gasteiger partial charge is 0.497 e. The first-order chi connectivity index (χ1) is 21.3. The number of methoxy groups -OCH3 is 2. The molecule has 44 heavy (non-hydrogen) atoms. The number of H-pyrrole nitrogens is 1. The first-order valence-electron chi connectivity index (χ1n) is 14.1. The van der Waals surface area contributed by atoms with Gasteiger partial charge in [-0.1, -0.05) is 54.6 Å². The van der Waals surface area contributed by atoms with Gasteiger partial charge in [0.1, 0.15) is 35.5 Å². The summed E-state index contributed by atoms with van der Waals surface area (Å²) in [7, 11) is 3.22. The fraction of sp³-hybridized carbons (Fsp3) is 0.294. The molecular formula is C34H34N3O7. The maximum Gasteiger partial charge on any atom is 0.330 e. The summed E-state index contributed by atoms with van der Waals surface area (Å²) in [5.74, 6) is 1.39. The highest BCUT2D eigenvalue weighted by Crippen LogP contribution is 2.43. The molecule has 1 radical (unpaired) electrons. The average molecular weight is 597 g/mol. The standard InChI is InChI=1S/C34H34N3O7/c1-22-20-37(33(39)36-32(22)38)31-18-29(43-23(2)19-35)30(44-31)21-42-34(24-8-6-5-7-9-24,25-10-14-27(40-3)15-11-25)26-12-16-28(41-4)17-13-26/h5-17,20,23,29-31H,2,18,21H2,1,3-4H3,(H,36,38,39)/t23?,29?,30-,31-/m1/s1. The zero-order valence-corrected chi connectivity index (χ0v) is 24.8. The van der Waals surface area contributed by atoms with E-state index in [-0.39, 0.29) is 13.0 Å². The summed E-state index contributed by atoms with van der Waals surface area (Å²) in [5.41, 5.74) is 0.707. The molecular weight excluding hydrogens is 562 g/mol. The second-order valence-corrected chi connectivity index (χ2v) is 10.5. The van der Waals surface area contributed by atoms with Crippen molar-refractivity contribution in [2.75, 3.05) is 20.8 Å². The monoisotopic (exact) mass is 596 g/mol. The molecule has 4 aromatic rings. The van der Waals surface area contributed by atoms with E-state index in [1.54, 1.807) is 21.1 Å². The number of nitriles is 1. The Balaban J connectivity index is 1.58. The number of nitrogens with zero attached hydrogens (tertiary/aromatic N) is 2. The van der Waals surface area contributed by atoms with Gasteiger partial charge in [0.05, 0.1) is 33.0 Å². The van der Waals surface area contributed by atoms with Gasteiger partial charge < -0.3 is 23.7 Å². The number of nitrogens with one attached hydrogen (secondary N) is 1. The molecule has 0 spiro atoms. The quantitative estimate of drug-likeness (QED) is 0.255. The molecule has 4 atom stereocenters. The highest BCUT2D eigenvalue weighted by atomic mass is 16.6. The number of ether oxygens (including phenoxy) is 5. The average Bonchev–Trinajstić information content (AvgIpc) is 3.45. The number of benzene rings is 3. The van der Waals surface area contributed by atoms with E-state index in [4.69, 9.17) is 23.7 Å². The van der Waals surface area contributed by atoms with Crippen molar-refractivity contribution in [2.45, 2.75) is 43.5 Å². The molecule has 0 aliphatic carbocycles. The van der Waals surface area contributed by atoms with Gasteiger partial charge >= 0.3 is 5.69 Å². The molecule has 1 N–H and O–H groups in total. The molecule has 2 heterocycles. The third-order valence-corrected chi connectivity index (χ3v) is 7.76. The predicted octanol–water partition coefficient (Wildman–Crippen LogP) is 4.27. The van der Waals surface area contributed by atoms with E-state index in [2.05, 4.69) is 11.9 Å². The first-order valence-corrected chi connectivity index (χ1v) is 14.1.